The quantitative estimate of drug-likeness (QED) is 0.771. The van der Waals surface area contributed by atoms with Crippen LogP contribution in [0.4, 0.5) is 0 Å². The van der Waals surface area contributed by atoms with E-state index in [1.54, 1.807) is 0 Å². The molecule has 0 aromatic heterocycles. The van der Waals surface area contributed by atoms with Crippen molar-refractivity contribution in [3.63, 3.8) is 0 Å². The fraction of sp³-hybridized carbons (Fsp3) is 0.600. The van der Waals surface area contributed by atoms with Crippen molar-refractivity contribution in [1.29, 1.82) is 0 Å². The maximum atomic E-state index is 3.60. The Morgan fingerprint density at radius 2 is 1.75 bits per heavy atom. The van der Waals surface area contributed by atoms with Gasteiger partial charge < -0.3 is 5.32 Å². The summed E-state index contributed by atoms with van der Waals surface area (Å²) in [7, 11) is 0. The molecule has 1 aromatic rings. The number of benzene rings is 1. The zero-order valence-corrected chi connectivity index (χ0v) is 11.1. The Morgan fingerprint density at radius 1 is 1.12 bits per heavy atom. The largest absolute Gasteiger partial charge is 0.314 e. The molecule has 0 saturated carbocycles. The van der Waals surface area contributed by atoms with Gasteiger partial charge in [-0.25, -0.2) is 0 Å². The molecular weight excluding hydrogens is 194 g/mol. The topological polar surface area (TPSA) is 12.0 Å². The van der Waals surface area contributed by atoms with Gasteiger partial charge in [0.1, 0.15) is 0 Å². The monoisotopic (exact) mass is 219 g/mol. The molecular formula is C15H25N. The molecule has 2 atom stereocenters. The number of nitrogens with one attached hydrogen (secondary N) is 1. The fourth-order valence-corrected chi connectivity index (χ4v) is 1.75. The summed E-state index contributed by atoms with van der Waals surface area (Å²) >= 11 is 0. The summed E-state index contributed by atoms with van der Waals surface area (Å²) in [6.07, 6.45) is 2.37. The number of hydrogen-bond donors (Lipinski definition) is 1. The van der Waals surface area contributed by atoms with E-state index in [0.717, 1.165) is 18.9 Å². The maximum Gasteiger partial charge on any atom is 0.00643 e. The van der Waals surface area contributed by atoms with Gasteiger partial charge in [-0.3, -0.25) is 0 Å². The van der Waals surface area contributed by atoms with Crippen molar-refractivity contribution in [2.45, 2.75) is 46.6 Å². The maximum absolute atomic E-state index is 3.60. The first-order chi connectivity index (χ1) is 7.63. The van der Waals surface area contributed by atoms with Crippen LogP contribution in [-0.4, -0.2) is 12.6 Å². The van der Waals surface area contributed by atoms with Crippen LogP contribution in [0.3, 0.4) is 0 Å². The predicted octanol–water partition coefficient (Wildman–Crippen LogP) is 3.56. The van der Waals surface area contributed by atoms with Crippen molar-refractivity contribution in [2.24, 2.45) is 5.92 Å². The van der Waals surface area contributed by atoms with Gasteiger partial charge in [-0.05, 0) is 38.3 Å². The second-order valence-electron chi connectivity index (χ2n) is 4.86. The molecule has 1 N–H and O–H groups in total. The summed E-state index contributed by atoms with van der Waals surface area (Å²) < 4.78 is 0. The van der Waals surface area contributed by atoms with E-state index >= 15 is 0 Å². The molecule has 0 heterocycles. The molecule has 0 fully saturated rings. The van der Waals surface area contributed by atoms with E-state index in [9.17, 15) is 0 Å². The van der Waals surface area contributed by atoms with Gasteiger partial charge in [0.25, 0.3) is 0 Å². The van der Waals surface area contributed by atoms with Crippen LogP contribution in [0, 0.1) is 12.8 Å². The first-order valence-electron chi connectivity index (χ1n) is 6.42. The van der Waals surface area contributed by atoms with Gasteiger partial charge in [0.15, 0.2) is 0 Å². The van der Waals surface area contributed by atoms with Crippen molar-refractivity contribution < 1.29 is 0 Å². The summed E-state index contributed by atoms with van der Waals surface area (Å²) in [6, 6.07) is 9.45. The highest BCUT2D eigenvalue weighted by Crippen LogP contribution is 2.07. The van der Waals surface area contributed by atoms with E-state index in [4.69, 9.17) is 0 Å². The normalized spacial score (nSPS) is 14.8. The van der Waals surface area contributed by atoms with E-state index in [0.29, 0.717) is 6.04 Å². The lowest BCUT2D eigenvalue weighted by Gasteiger charge is -2.19. The van der Waals surface area contributed by atoms with Gasteiger partial charge in [0.2, 0.25) is 0 Å². The number of rotatable bonds is 6. The molecule has 0 spiro atoms. The third-order valence-electron chi connectivity index (χ3n) is 3.50. The lowest BCUT2D eigenvalue weighted by molar-refractivity contribution is 0.393. The molecule has 0 aliphatic heterocycles. The van der Waals surface area contributed by atoms with Crippen molar-refractivity contribution in [3.05, 3.63) is 35.4 Å². The van der Waals surface area contributed by atoms with E-state index in [1.165, 1.54) is 17.5 Å². The standard InChI is InChI=1S/C15H25N/c1-5-13(3)14(4)16-11-10-15-8-6-12(2)7-9-15/h6-9,13-14,16H,5,10-11H2,1-4H3. The Morgan fingerprint density at radius 3 is 2.31 bits per heavy atom. The van der Waals surface area contributed by atoms with Crippen LogP contribution in [0.15, 0.2) is 24.3 Å². The van der Waals surface area contributed by atoms with Gasteiger partial charge in [-0.2, -0.15) is 0 Å². The number of hydrogen-bond acceptors (Lipinski definition) is 1. The SMILES string of the molecule is CCC(C)C(C)NCCc1ccc(C)cc1. The van der Waals surface area contributed by atoms with Crippen molar-refractivity contribution in [2.75, 3.05) is 6.54 Å². The molecule has 0 aliphatic rings. The molecule has 1 aromatic carbocycles. The minimum Gasteiger partial charge on any atom is -0.314 e. The Balaban J connectivity index is 2.27. The molecule has 1 heteroatoms. The smallest absolute Gasteiger partial charge is 0.00643 e. The Kier molecular flexibility index (Phi) is 5.54. The van der Waals surface area contributed by atoms with Gasteiger partial charge in [0.05, 0.1) is 0 Å². The third-order valence-corrected chi connectivity index (χ3v) is 3.50. The zero-order valence-electron chi connectivity index (χ0n) is 11.1. The van der Waals surface area contributed by atoms with E-state index in [-0.39, 0.29) is 0 Å². The molecule has 90 valence electrons. The highest BCUT2D eigenvalue weighted by Gasteiger charge is 2.08. The number of aryl methyl sites for hydroxylation is 1. The Labute approximate surface area is 100 Å². The van der Waals surface area contributed by atoms with Crippen LogP contribution in [-0.2, 0) is 6.42 Å². The minimum absolute atomic E-state index is 0.621. The van der Waals surface area contributed by atoms with E-state index in [2.05, 4.69) is 57.3 Å². The summed E-state index contributed by atoms with van der Waals surface area (Å²) in [5, 5.41) is 3.60. The Bertz CT molecular complexity index is 289. The average Bonchev–Trinajstić information content (AvgIpc) is 2.30. The first kappa shape index (κ1) is 13.2. The average molecular weight is 219 g/mol. The molecule has 1 nitrogen and oxygen atoms in total. The lowest BCUT2D eigenvalue weighted by Crippen LogP contribution is -2.33. The lowest BCUT2D eigenvalue weighted by atomic mass is 10.0. The van der Waals surface area contributed by atoms with Gasteiger partial charge in [0, 0.05) is 6.04 Å². The molecule has 0 bridgehead atoms. The van der Waals surface area contributed by atoms with Gasteiger partial charge >= 0.3 is 0 Å². The molecule has 16 heavy (non-hydrogen) atoms. The molecule has 1 rings (SSSR count). The van der Waals surface area contributed by atoms with Crippen LogP contribution in [0.1, 0.15) is 38.3 Å². The predicted molar refractivity (Wildman–Crippen MR) is 71.8 cm³/mol. The van der Waals surface area contributed by atoms with Crippen LogP contribution < -0.4 is 5.32 Å². The molecule has 0 saturated heterocycles. The van der Waals surface area contributed by atoms with Gasteiger partial charge in [-0.1, -0.05) is 50.1 Å². The molecule has 0 radical (unpaired) electrons. The molecule has 0 aliphatic carbocycles. The van der Waals surface area contributed by atoms with E-state index < -0.39 is 0 Å². The molecule has 0 amide bonds. The summed E-state index contributed by atoms with van der Waals surface area (Å²) in [5.74, 6) is 0.762. The van der Waals surface area contributed by atoms with Crippen molar-refractivity contribution in [1.82, 2.24) is 5.32 Å². The van der Waals surface area contributed by atoms with Crippen molar-refractivity contribution in [3.8, 4) is 0 Å². The van der Waals surface area contributed by atoms with Crippen molar-refractivity contribution >= 4 is 0 Å². The Hall–Kier alpha value is -0.820. The fourth-order valence-electron chi connectivity index (χ4n) is 1.75. The molecule has 2 unspecified atom stereocenters. The van der Waals surface area contributed by atoms with Crippen LogP contribution >= 0.6 is 0 Å². The second kappa shape index (κ2) is 6.70. The van der Waals surface area contributed by atoms with Crippen LogP contribution in [0.2, 0.25) is 0 Å². The third kappa shape index (κ3) is 4.36. The summed E-state index contributed by atoms with van der Waals surface area (Å²) in [5.41, 5.74) is 2.76. The summed E-state index contributed by atoms with van der Waals surface area (Å²) in [6.45, 7) is 10.1. The first-order valence-corrected chi connectivity index (χ1v) is 6.42. The minimum atomic E-state index is 0.621. The summed E-state index contributed by atoms with van der Waals surface area (Å²) in [4.78, 5) is 0. The highest BCUT2D eigenvalue weighted by atomic mass is 14.9. The van der Waals surface area contributed by atoms with Crippen LogP contribution in [0.25, 0.3) is 0 Å². The second-order valence-corrected chi connectivity index (χ2v) is 4.86. The zero-order chi connectivity index (χ0) is 12.0. The van der Waals surface area contributed by atoms with Gasteiger partial charge in [-0.15, -0.1) is 0 Å². The highest BCUT2D eigenvalue weighted by molar-refractivity contribution is 5.21. The van der Waals surface area contributed by atoms with Crippen LogP contribution in [0.5, 0.6) is 0 Å². The van der Waals surface area contributed by atoms with E-state index in [1.807, 2.05) is 0 Å².